The second-order valence-electron chi connectivity index (χ2n) is 6.27. The van der Waals surface area contributed by atoms with E-state index in [9.17, 15) is 4.39 Å². The van der Waals surface area contributed by atoms with E-state index in [1.165, 1.54) is 6.07 Å². The summed E-state index contributed by atoms with van der Waals surface area (Å²) >= 11 is 0. The van der Waals surface area contributed by atoms with Crippen molar-refractivity contribution < 1.29 is 8.81 Å². The Labute approximate surface area is 146 Å². The number of allylic oxidation sites excluding steroid dienone is 3. The fraction of sp³-hybridized carbons (Fsp3) is 0.300. The van der Waals surface area contributed by atoms with Crippen LogP contribution in [-0.4, -0.2) is 17.7 Å². The molecule has 0 aliphatic carbocycles. The lowest BCUT2D eigenvalue weighted by Crippen LogP contribution is -2.30. The van der Waals surface area contributed by atoms with Gasteiger partial charge in [-0.15, -0.1) is 0 Å². The first kappa shape index (κ1) is 15.8. The van der Waals surface area contributed by atoms with E-state index in [1.54, 1.807) is 18.3 Å². The summed E-state index contributed by atoms with van der Waals surface area (Å²) in [7, 11) is 0. The van der Waals surface area contributed by atoms with E-state index in [0.29, 0.717) is 12.4 Å². The molecule has 2 aliphatic heterocycles. The predicted molar refractivity (Wildman–Crippen MR) is 97.1 cm³/mol. The molecule has 0 spiro atoms. The lowest BCUT2D eigenvalue weighted by molar-refractivity contribution is 0.477. The Morgan fingerprint density at radius 1 is 1.20 bits per heavy atom. The van der Waals surface area contributed by atoms with Crippen LogP contribution >= 0.6 is 0 Å². The van der Waals surface area contributed by atoms with Crippen molar-refractivity contribution in [2.24, 2.45) is 4.99 Å². The molecule has 4 rings (SSSR count). The van der Waals surface area contributed by atoms with Gasteiger partial charge < -0.3 is 9.32 Å². The van der Waals surface area contributed by atoms with E-state index < -0.39 is 0 Å². The second kappa shape index (κ2) is 7.05. The van der Waals surface area contributed by atoms with E-state index in [1.807, 2.05) is 12.1 Å². The van der Waals surface area contributed by atoms with Crippen molar-refractivity contribution in [1.29, 1.82) is 0 Å². The normalized spacial score (nSPS) is 17.5. The highest BCUT2D eigenvalue weighted by atomic mass is 19.1. The zero-order chi connectivity index (χ0) is 17.1. The van der Waals surface area contributed by atoms with Gasteiger partial charge in [0.1, 0.15) is 23.0 Å². The quantitative estimate of drug-likeness (QED) is 0.808. The van der Waals surface area contributed by atoms with Crippen LogP contribution in [0.5, 0.6) is 0 Å². The van der Waals surface area contributed by atoms with Crippen molar-refractivity contribution >= 4 is 17.6 Å². The largest absolute Gasteiger partial charge is 0.439 e. The van der Waals surface area contributed by atoms with E-state index in [0.717, 1.165) is 55.1 Å². The molecule has 128 valence electrons. The van der Waals surface area contributed by atoms with Crippen molar-refractivity contribution in [3.63, 3.8) is 0 Å². The molecule has 5 heteroatoms. The summed E-state index contributed by atoms with van der Waals surface area (Å²) < 4.78 is 19.5. The second-order valence-corrected chi connectivity index (χ2v) is 6.27. The summed E-state index contributed by atoms with van der Waals surface area (Å²) in [6.45, 7) is 1.41. The Kier molecular flexibility index (Phi) is 4.46. The van der Waals surface area contributed by atoms with Crippen LogP contribution in [0.2, 0.25) is 0 Å². The third-order valence-corrected chi connectivity index (χ3v) is 4.47. The Balaban J connectivity index is 1.58. The Morgan fingerprint density at radius 2 is 2.16 bits per heavy atom. The number of oxazole rings is 1. The fourth-order valence-electron chi connectivity index (χ4n) is 3.15. The first-order valence-corrected chi connectivity index (χ1v) is 8.68. The number of hydrogen-bond acceptors (Lipinski definition) is 4. The van der Waals surface area contributed by atoms with Crippen LogP contribution in [0.1, 0.15) is 36.6 Å². The van der Waals surface area contributed by atoms with Gasteiger partial charge in [-0.2, -0.15) is 0 Å². The maximum absolute atomic E-state index is 13.5. The molecule has 0 N–H and O–H groups in total. The van der Waals surface area contributed by atoms with Gasteiger partial charge in [-0.3, -0.25) is 4.99 Å². The lowest BCUT2D eigenvalue weighted by atomic mass is 10.1. The first-order valence-electron chi connectivity index (χ1n) is 8.68. The van der Waals surface area contributed by atoms with Crippen molar-refractivity contribution in [2.75, 3.05) is 11.4 Å². The molecule has 2 aromatic rings. The molecule has 0 saturated heterocycles. The Bertz CT molecular complexity index is 850. The minimum atomic E-state index is -0.220. The van der Waals surface area contributed by atoms with Crippen LogP contribution in [0.15, 0.2) is 51.9 Å². The molecule has 4 nitrogen and oxygen atoms in total. The van der Waals surface area contributed by atoms with E-state index in [2.05, 4.69) is 27.0 Å². The number of benzene rings is 1. The average Bonchev–Trinajstić information content (AvgIpc) is 3.09. The maximum atomic E-state index is 13.5. The molecule has 25 heavy (non-hydrogen) atoms. The van der Waals surface area contributed by atoms with Gasteiger partial charge in [-0.05, 0) is 43.5 Å². The molecule has 0 fully saturated rings. The number of aliphatic imine (C=N–C) groups is 1. The van der Waals surface area contributed by atoms with Crippen LogP contribution in [-0.2, 0) is 13.0 Å². The lowest BCUT2D eigenvalue weighted by Gasteiger charge is -2.27. The first-order chi connectivity index (χ1) is 12.3. The minimum absolute atomic E-state index is 0.220. The summed E-state index contributed by atoms with van der Waals surface area (Å²) in [5.41, 5.74) is 2.58. The molecular formula is C20H20FN3O. The van der Waals surface area contributed by atoms with Crippen molar-refractivity contribution in [3.05, 3.63) is 65.7 Å². The van der Waals surface area contributed by atoms with Gasteiger partial charge in [-0.1, -0.05) is 18.2 Å². The maximum Gasteiger partial charge on any atom is 0.245 e. The summed E-state index contributed by atoms with van der Waals surface area (Å²) in [5.74, 6) is 1.27. The highest BCUT2D eigenvalue weighted by Gasteiger charge is 2.23. The van der Waals surface area contributed by atoms with Crippen LogP contribution in [0, 0.1) is 5.82 Å². The number of aromatic nitrogens is 1. The molecular weight excluding hydrogens is 317 g/mol. The zero-order valence-electron chi connectivity index (χ0n) is 14.0. The number of rotatable bonds is 2. The smallest absolute Gasteiger partial charge is 0.245 e. The van der Waals surface area contributed by atoms with Gasteiger partial charge in [0, 0.05) is 24.9 Å². The SMILES string of the molecule is Fc1cccc(N2CCc3oc(C4=CCCCC=CC=N4)nc3C2)c1. The summed E-state index contributed by atoms with van der Waals surface area (Å²) in [6, 6.07) is 6.68. The Hall–Kier alpha value is -2.69. The number of halogens is 1. The predicted octanol–water partition coefficient (Wildman–Crippen LogP) is 4.53. The van der Waals surface area contributed by atoms with Gasteiger partial charge in [0.15, 0.2) is 0 Å². The zero-order valence-corrected chi connectivity index (χ0v) is 14.0. The van der Waals surface area contributed by atoms with E-state index >= 15 is 0 Å². The van der Waals surface area contributed by atoms with Crippen molar-refractivity contribution in [3.8, 4) is 0 Å². The van der Waals surface area contributed by atoms with Crippen molar-refractivity contribution in [2.45, 2.75) is 32.2 Å². The third kappa shape index (κ3) is 3.55. The highest BCUT2D eigenvalue weighted by Crippen LogP contribution is 2.28. The molecule has 2 aliphatic rings. The molecule has 3 heterocycles. The number of fused-ring (bicyclic) bond motifs is 1. The van der Waals surface area contributed by atoms with Gasteiger partial charge in [0.05, 0.1) is 6.54 Å². The summed E-state index contributed by atoms with van der Waals surface area (Å²) in [5, 5.41) is 0. The summed E-state index contributed by atoms with van der Waals surface area (Å²) in [4.78, 5) is 11.3. The molecule has 0 bridgehead atoms. The summed E-state index contributed by atoms with van der Waals surface area (Å²) in [6.07, 6.45) is 11.8. The average molecular weight is 337 g/mol. The van der Waals surface area contributed by atoms with Crippen LogP contribution in [0.4, 0.5) is 10.1 Å². The number of hydrogen-bond donors (Lipinski definition) is 0. The number of nitrogens with zero attached hydrogens (tertiary/aromatic N) is 3. The molecule has 0 amide bonds. The van der Waals surface area contributed by atoms with Gasteiger partial charge in [0.25, 0.3) is 0 Å². The van der Waals surface area contributed by atoms with Gasteiger partial charge >= 0.3 is 0 Å². The molecule has 1 aromatic heterocycles. The van der Waals surface area contributed by atoms with Crippen LogP contribution < -0.4 is 4.90 Å². The van der Waals surface area contributed by atoms with E-state index in [-0.39, 0.29) is 5.82 Å². The van der Waals surface area contributed by atoms with Gasteiger partial charge in [0.2, 0.25) is 5.89 Å². The molecule has 0 saturated carbocycles. The monoisotopic (exact) mass is 337 g/mol. The van der Waals surface area contributed by atoms with Gasteiger partial charge in [-0.25, -0.2) is 9.37 Å². The molecule has 0 radical (unpaired) electrons. The number of anilines is 1. The molecule has 0 atom stereocenters. The molecule has 0 unspecified atom stereocenters. The Morgan fingerprint density at radius 3 is 3.08 bits per heavy atom. The minimum Gasteiger partial charge on any atom is -0.439 e. The highest BCUT2D eigenvalue weighted by molar-refractivity contribution is 5.78. The topological polar surface area (TPSA) is 41.6 Å². The van der Waals surface area contributed by atoms with Crippen molar-refractivity contribution in [1.82, 2.24) is 4.98 Å². The van der Waals surface area contributed by atoms with E-state index in [4.69, 9.17) is 4.42 Å². The fourth-order valence-corrected chi connectivity index (χ4v) is 3.15. The molecule has 1 aromatic carbocycles. The standard InChI is InChI=1S/C20H20FN3O/c21-15-7-6-8-16(13-15)24-12-10-19-18(14-24)23-20(25-19)17-9-4-2-1-3-5-11-22-17/h3,5-9,11,13H,1-2,4,10,12,14H2. The van der Waals surface area contributed by atoms with Crippen LogP contribution in [0.3, 0.4) is 0 Å². The third-order valence-electron chi connectivity index (χ3n) is 4.47. The van der Waals surface area contributed by atoms with Crippen LogP contribution in [0.25, 0.3) is 5.70 Å².